The molecule has 0 aliphatic rings. The lowest BCUT2D eigenvalue weighted by atomic mass is 9.81. The zero-order chi connectivity index (χ0) is 15.1. The minimum absolute atomic E-state index is 0.102. The van der Waals surface area contributed by atoms with Crippen molar-refractivity contribution in [1.82, 2.24) is 10.2 Å². The lowest BCUT2D eigenvalue weighted by molar-refractivity contribution is 0.0875. The standard InChI is InChI=1S/C14H32N2O2S/c1-7-14(8-2,16(5)6)13(15-4)11-10-12-19(17,18)9-3/h13,15H,7-12H2,1-6H3. The van der Waals surface area contributed by atoms with Crippen LogP contribution in [0.15, 0.2) is 0 Å². The maximum atomic E-state index is 11.6. The molecule has 1 N–H and O–H groups in total. The highest BCUT2D eigenvalue weighted by atomic mass is 32.2. The molecule has 5 heteroatoms. The molecule has 0 aliphatic carbocycles. The van der Waals surface area contributed by atoms with Crippen LogP contribution >= 0.6 is 0 Å². The van der Waals surface area contributed by atoms with Gasteiger partial charge in [-0.2, -0.15) is 0 Å². The van der Waals surface area contributed by atoms with Gasteiger partial charge in [-0.25, -0.2) is 8.42 Å². The molecule has 0 aromatic heterocycles. The minimum Gasteiger partial charge on any atom is -0.315 e. The SMILES string of the molecule is CCC(CC)(C(CCCS(=O)(=O)CC)NC)N(C)C. The number of sulfone groups is 1. The number of hydrogen-bond donors (Lipinski definition) is 1. The van der Waals surface area contributed by atoms with E-state index >= 15 is 0 Å². The van der Waals surface area contributed by atoms with E-state index in [0.717, 1.165) is 25.7 Å². The van der Waals surface area contributed by atoms with Crippen molar-refractivity contribution in [1.29, 1.82) is 0 Å². The van der Waals surface area contributed by atoms with Crippen LogP contribution in [0.1, 0.15) is 46.5 Å². The van der Waals surface area contributed by atoms with Crippen LogP contribution in [0.2, 0.25) is 0 Å². The zero-order valence-electron chi connectivity index (χ0n) is 13.5. The molecular formula is C14H32N2O2S. The molecule has 1 unspecified atom stereocenters. The normalized spacial score (nSPS) is 14.9. The van der Waals surface area contributed by atoms with Gasteiger partial charge in [0.2, 0.25) is 0 Å². The van der Waals surface area contributed by atoms with Crippen molar-refractivity contribution in [2.75, 3.05) is 32.6 Å². The van der Waals surface area contributed by atoms with Gasteiger partial charge in [0.1, 0.15) is 9.84 Å². The van der Waals surface area contributed by atoms with E-state index in [1.165, 1.54) is 0 Å². The van der Waals surface area contributed by atoms with Crippen LogP contribution in [-0.4, -0.2) is 57.5 Å². The molecule has 0 rings (SSSR count). The van der Waals surface area contributed by atoms with Crippen LogP contribution in [0.25, 0.3) is 0 Å². The summed E-state index contributed by atoms with van der Waals surface area (Å²) in [7, 11) is 3.35. The number of nitrogens with zero attached hydrogens (tertiary/aromatic N) is 1. The fourth-order valence-corrected chi connectivity index (χ4v) is 3.92. The Kier molecular flexibility index (Phi) is 8.17. The Bertz CT molecular complexity index is 335. The molecule has 0 fully saturated rings. The maximum Gasteiger partial charge on any atom is 0.150 e. The molecule has 1 atom stereocenters. The first-order chi connectivity index (χ1) is 8.79. The van der Waals surface area contributed by atoms with Crippen molar-refractivity contribution in [3.8, 4) is 0 Å². The van der Waals surface area contributed by atoms with Gasteiger partial charge in [0.15, 0.2) is 0 Å². The molecule has 0 aliphatic heterocycles. The third-order valence-electron chi connectivity index (χ3n) is 4.50. The second-order valence-corrected chi connectivity index (χ2v) is 7.90. The summed E-state index contributed by atoms with van der Waals surface area (Å²) in [6.45, 7) is 6.13. The molecule has 0 radical (unpaired) electrons. The third-order valence-corrected chi connectivity index (χ3v) is 6.29. The lowest BCUT2D eigenvalue weighted by Gasteiger charge is -2.45. The molecule has 4 nitrogen and oxygen atoms in total. The highest BCUT2D eigenvalue weighted by Crippen LogP contribution is 2.28. The fraction of sp³-hybridized carbons (Fsp3) is 1.00. The first-order valence-electron chi connectivity index (χ1n) is 7.34. The van der Waals surface area contributed by atoms with E-state index in [9.17, 15) is 8.42 Å². The van der Waals surface area contributed by atoms with Crippen molar-refractivity contribution in [2.24, 2.45) is 0 Å². The Morgan fingerprint density at radius 3 is 2.00 bits per heavy atom. The van der Waals surface area contributed by atoms with Crippen molar-refractivity contribution in [3.05, 3.63) is 0 Å². The third kappa shape index (κ3) is 5.04. The summed E-state index contributed by atoms with van der Waals surface area (Å²) in [6.07, 6.45) is 3.75. The van der Waals surface area contributed by atoms with E-state index in [4.69, 9.17) is 0 Å². The fourth-order valence-electron chi connectivity index (χ4n) is 3.02. The van der Waals surface area contributed by atoms with E-state index < -0.39 is 9.84 Å². The predicted molar refractivity (Wildman–Crippen MR) is 83.4 cm³/mol. The maximum absolute atomic E-state index is 11.6. The molecule has 0 saturated carbocycles. The van der Waals surface area contributed by atoms with Crippen LogP contribution in [0.3, 0.4) is 0 Å². The molecule has 116 valence electrons. The summed E-state index contributed by atoms with van der Waals surface area (Å²) in [5.41, 5.74) is 0.102. The topological polar surface area (TPSA) is 49.4 Å². The second-order valence-electron chi connectivity index (χ2n) is 5.42. The van der Waals surface area contributed by atoms with Crippen LogP contribution in [-0.2, 0) is 9.84 Å². The summed E-state index contributed by atoms with van der Waals surface area (Å²) in [5, 5.41) is 3.39. The van der Waals surface area contributed by atoms with Gasteiger partial charge in [0.25, 0.3) is 0 Å². The van der Waals surface area contributed by atoms with Crippen LogP contribution in [0.4, 0.5) is 0 Å². The molecule has 0 bridgehead atoms. The monoisotopic (exact) mass is 292 g/mol. The molecular weight excluding hydrogens is 260 g/mol. The second kappa shape index (κ2) is 8.22. The summed E-state index contributed by atoms with van der Waals surface area (Å²) >= 11 is 0. The summed E-state index contributed by atoms with van der Waals surface area (Å²) in [5.74, 6) is 0.552. The minimum atomic E-state index is -2.84. The summed E-state index contributed by atoms with van der Waals surface area (Å²) in [6, 6.07) is 0.324. The average Bonchev–Trinajstić information content (AvgIpc) is 2.38. The van der Waals surface area contributed by atoms with Gasteiger partial charge >= 0.3 is 0 Å². The first-order valence-corrected chi connectivity index (χ1v) is 9.16. The Morgan fingerprint density at radius 2 is 1.68 bits per heavy atom. The van der Waals surface area contributed by atoms with Gasteiger partial charge in [-0.15, -0.1) is 0 Å². The highest BCUT2D eigenvalue weighted by molar-refractivity contribution is 7.91. The smallest absolute Gasteiger partial charge is 0.150 e. The molecule has 0 saturated heterocycles. The summed E-state index contributed by atoms with van der Waals surface area (Å²) < 4.78 is 23.1. The summed E-state index contributed by atoms with van der Waals surface area (Å²) in [4.78, 5) is 2.28. The molecule has 19 heavy (non-hydrogen) atoms. The largest absolute Gasteiger partial charge is 0.315 e. The Balaban J connectivity index is 4.72. The predicted octanol–water partition coefficient (Wildman–Crippen LogP) is 1.91. The van der Waals surface area contributed by atoms with Crippen LogP contribution in [0, 0.1) is 0 Å². The number of hydrogen-bond acceptors (Lipinski definition) is 4. The molecule has 0 spiro atoms. The number of nitrogens with one attached hydrogen (secondary N) is 1. The molecule has 0 amide bonds. The molecule has 0 aromatic carbocycles. The quantitative estimate of drug-likeness (QED) is 0.668. The Morgan fingerprint density at radius 1 is 1.16 bits per heavy atom. The van der Waals surface area contributed by atoms with Crippen molar-refractivity contribution in [2.45, 2.75) is 58.0 Å². The van der Waals surface area contributed by atoms with E-state index in [2.05, 4.69) is 38.2 Å². The lowest BCUT2D eigenvalue weighted by Crippen LogP contribution is -2.57. The average molecular weight is 292 g/mol. The first kappa shape index (κ1) is 18.9. The zero-order valence-corrected chi connectivity index (χ0v) is 14.3. The van der Waals surface area contributed by atoms with Crippen LogP contribution in [0.5, 0.6) is 0 Å². The van der Waals surface area contributed by atoms with E-state index in [0.29, 0.717) is 11.8 Å². The van der Waals surface area contributed by atoms with Crippen molar-refractivity contribution >= 4 is 9.84 Å². The number of likely N-dealkylation sites (N-methyl/N-ethyl adjacent to an activating group) is 2. The van der Waals surface area contributed by atoms with Gasteiger partial charge in [-0.3, -0.25) is 0 Å². The van der Waals surface area contributed by atoms with Gasteiger partial charge in [-0.05, 0) is 46.8 Å². The van der Waals surface area contributed by atoms with E-state index in [-0.39, 0.29) is 11.3 Å². The van der Waals surface area contributed by atoms with Crippen molar-refractivity contribution < 1.29 is 8.42 Å². The highest BCUT2D eigenvalue weighted by Gasteiger charge is 2.36. The number of rotatable bonds is 10. The van der Waals surface area contributed by atoms with Gasteiger partial charge in [0.05, 0.1) is 5.75 Å². The Labute approximate surface area is 119 Å². The molecule has 0 aromatic rings. The van der Waals surface area contributed by atoms with Gasteiger partial charge in [-0.1, -0.05) is 20.8 Å². The van der Waals surface area contributed by atoms with E-state index in [1.54, 1.807) is 6.92 Å². The van der Waals surface area contributed by atoms with Gasteiger partial charge in [0, 0.05) is 17.3 Å². The molecule has 0 heterocycles. The van der Waals surface area contributed by atoms with Crippen LogP contribution < -0.4 is 5.32 Å². The Hall–Kier alpha value is -0.130. The van der Waals surface area contributed by atoms with Gasteiger partial charge < -0.3 is 10.2 Å². The van der Waals surface area contributed by atoms with E-state index in [1.807, 2.05) is 7.05 Å². The van der Waals surface area contributed by atoms with Crippen molar-refractivity contribution in [3.63, 3.8) is 0 Å².